The summed E-state index contributed by atoms with van der Waals surface area (Å²) in [7, 11) is 3.46. The molecule has 5 rings (SSSR count). The number of halogens is 1. The van der Waals surface area contributed by atoms with Crippen LogP contribution in [0.5, 0.6) is 0 Å². The van der Waals surface area contributed by atoms with Crippen molar-refractivity contribution in [1.82, 2.24) is 4.90 Å². The number of aliphatic imine (C=N–C) groups is 1. The van der Waals surface area contributed by atoms with Crippen LogP contribution in [-0.2, 0) is 34.0 Å². The summed E-state index contributed by atoms with van der Waals surface area (Å²) in [5, 5.41) is 5.73. The van der Waals surface area contributed by atoms with Crippen LogP contribution in [0.2, 0.25) is 0 Å². The fourth-order valence-electron chi connectivity index (χ4n) is 5.41. The molecule has 12 heteroatoms. The maximum atomic E-state index is 14.4. The fourth-order valence-corrected chi connectivity index (χ4v) is 5.41. The number of methoxy groups -OCH3 is 3. The first-order valence-electron chi connectivity index (χ1n) is 11.6. The molecule has 3 aliphatic rings. The average Bonchev–Trinajstić information content (AvgIpc) is 3.46. The summed E-state index contributed by atoms with van der Waals surface area (Å²) < 4.78 is 29.3. The number of fused-ring (bicyclic) bond motifs is 1. The van der Waals surface area contributed by atoms with Gasteiger partial charge in [-0.15, -0.1) is 0 Å². The highest BCUT2D eigenvalue weighted by Crippen LogP contribution is 2.55. The van der Waals surface area contributed by atoms with Gasteiger partial charge in [-0.1, -0.05) is 30.3 Å². The predicted molar refractivity (Wildman–Crippen MR) is 132 cm³/mol. The highest BCUT2D eigenvalue weighted by Gasteiger charge is 2.66. The SMILES string of the molecule is COC(=O)C1=C(C(=O)OC)[C@@H]2Nc3ccccc3[C@@]23C[C@@H](C(=O)OC)N(C(=O)Nc2ccccc2F)C3=N1. The number of rotatable bonds is 4. The third-order valence-electron chi connectivity index (χ3n) is 7.01. The molecule has 11 nitrogen and oxygen atoms in total. The molecule has 0 aliphatic carbocycles. The van der Waals surface area contributed by atoms with Gasteiger partial charge in [-0.25, -0.2) is 28.6 Å². The number of urea groups is 1. The topological polar surface area (TPSA) is 136 Å². The molecule has 0 bridgehead atoms. The number of amides is 2. The number of benzene rings is 2. The Hall–Kier alpha value is -4.74. The van der Waals surface area contributed by atoms with Gasteiger partial charge >= 0.3 is 23.9 Å². The lowest BCUT2D eigenvalue weighted by Gasteiger charge is -2.36. The van der Waals surface area contributed by atoms with Gasteiger partial charge in [0.2, 0.25) is 0 Å². The predicted octanol–water partition coefficient (Wildman–Crippen LogP) is 2.35. The van der Waals surface area contributed by atoms with E-state index in [4.69, 9.17) is 14.2 Å². The van der Waals surface area contributed by atoms with Crippen LogP contribution in [0.1, 0.15) is 12.0 Å². The summed E-state index contributed by atoms with van der Waals surface area (Å²) in [6, 6.07) is 9.56. The van der Waals surface area contributed by atoms with E-state index in [-0.39, 0.29) is 29.2 Å². The Morgan fingerprint density at radius 1 is 1.00 bits per heavy atom. The molecule has 3 heterocycles. The summed E-state index contributed by atoms with van der Waals surface area (Å²) in [4.78, 5) is 58.1. The molecule has 2 aromatic carbocycles. The minimum Gasteiger partial charge on any atom is -0.467 e. The van der Waals surface area contributed by atoms with E-state index in [0.29, 0.717) is 11.3 Å². The molecule has 0 radical (unpaired) electrons. The van der Waals surface area contributed by atoms with Crippen LogP contribution in [0.25, 0.3) is 0 Å². The second kappa shape index (κ2) is 9.29. The highest BCUT2D eigenvalue weighted by atomic mass is 19.1. The second-order valence-corrected chi connectivity index (χ2v) is 8.80. The van der Waals surface area contributed by atoms with Gasteiger partial charge < -0.3 is 24.8 Å². The molecule has 1 fully saturated rings. The molecular formula is C26H23FN4O7. The number of ether oxygens (including phenoxy) is 3. The number of carbonyl (C=O) groups is 4. The van der Waals surface area contributed by atoms with Crippen molar-refractivity contribution in [3.05, 3.63) is 71.2 Å². The highest BCUT2D eigenvalue weighted by molar-refractivity contribution is 6.18. The van der Waals surface area contributed by atoms with Gasteiger partial charge in [-0.05, 0) is 30.2 Å². The maximum absolute atomic E-state index is 14.4. The summed E-state index contributed by atoms with van der Waals surface area (Å²) in [5.41, 5.74) is -0.632. The van der Waals surface area contributed by atoms with Gasteiger partial charge in [-0.2, -0.15) is 0 Å². The normalized spacial score (nSPS) is 22.8. The van der Waals surface area contributed by atoms with Crippen molar-refractivity contribution in [2.24, 2.45) is 4.99 Å². The number of carbonyl (C=O) groups excluding carboxylic acids is 4. The molecule has 1 saturated heterocycles. The molecule has 0 aromatic heterocycles. The molecule has 38 heavy (non-hydrogen) atoms. The number of para-hydroxylation sites is 2. The molecule has 196 valence electrons. The zero-order chi connectivity index (χ0) is 27.2. The minimum atomic E-state index is -1.26. The van der Waals surface area contributed by atoms with Gasteiger partial charge in [0.15, 0.2) is 5.70 Å². The lowest BCUT2D eigenvalue weighted by molar-refractivity contribution is -0.144. The Labute approximate surface area is 216 Å². The van der Waals surface area contributed by atoms with Crippen molar-refractivity contribution < 1.29 is 37.8 Å². The van der Waals surface area contributed by atoms with Crippen LogP contribution in [0.3, 0.4) is 0 Å². The van der Waals surface area contributed by atoms with Crippen molar-refractivity contribution in [2.75, 3.05) is 32.0 Å². The third kappa shape index (κ3) is 3.51. The summed E-state index contributed by atoms with van der Waals surface area (Å²) >= 11 is 0. The van der Waals surface area contributed by atoms with E-state index in [2.05, 4.69) is 15.6 Å². The van der Waals surface area contributed by atoms with Crippen LogP contribution < -0.4 is 10.6 Å². The Morgan fingerprint density at radius 3 is 2.37 bits per heavy atom. The number of likely N-dealkylation sites (tertiary alicyclic amines) is 1. The molecule has 2 amide bonds. The molecule has 1 spiro atoms. The summed E-state index contributed by atoms with van der Waals surface area (Å²) in [6.45, 7) is 0. The van der Waals surface area contributed by atoms with E-state index in [0.717, 1.165) is 19.1 Å². The number of nitrogens with zero attached hydrogens (tertiary/aromatic N) is 2. The molecule has 2 aromatic rings. The first-order valence-corrected chi connectivity index (χ1v) is 11.6. The van der Waals surface area contributed by atoms with Crippen LogP contribution in [0.15, 0.2) is 64.8 Å². The van der Waals surface area contributed by atoms with Gasteiger partial charge in [0, 0.05) is 5.69 Å². The first-order chi connectivity index (χ1) is 18.3. The van der Waals surface area contributed by atoms with E-state index in [1.54, 1.807) is 24.3 Å². The number of hydrogen-bond donors (Lipinski definition) is 2. The van der Waals surface area contributed by atoms with E-state index in [1.165, 1.54) is 31.4 Å². The van der Waals surface area contributed by atoms with E-state index >= 15 is 0 Å². The van der Waals surface area contributed by atoms with Crippen molar-refractivity contribution in [2.45, 2.75) is 23.9 Å². The van der Waals surface area contributed by atoms with Crippen LogP contribution in [0, 0.1) is 5.82 Å². The Kier molecular flexibility index (Phi) is 6.09. The summed E-state index contributed by atoms with van der Waals surface area (Å²) in [6.07, 6.45) is -0.0488. The van der Waals surface area contributed by atoms with Crippen LogP contribution in [0.4, 0.5) is 20.6 Å². The van der Waals surface area contributed by atoms with Crippen molar-refractivity contribution in [3.63, 3.8) is 0 Å². The van der Waals surface area contributed by atoms with E-state index in [1.807, 2.05) is 0 Å². The molecule has 0 unspecified atom stereocenters. The maximum Gasteiger partial charge on any atom is 0.357 e. The fraction of sp³-hybridized carbons (Fsp3) is 0.269. The molecule has 3 aliphatic heterocycles. The zero-order valence-electron chi connectivity index (χ0n) is 20.6. The molecule has 3 atom stereocenters. The van der Waals surface area contributed by atoms with Gasteiger partial charge in [0.25, 0.3) is 0 Å². The third-order valence-corrected chi connectivity index (χ3v) is 7.01. The van der Waals surface area contributed by atoms with Crippen LogP contribution in [-0.4, -0.2) is 68.1 Å². The number of anilines is 2. The van der Waals surface area contributed by atoms with Gasteiger partial charge in [-0.3, -0.25) is 4.90 Å². The standard InChI is InChI=1S/C26H23FN4O7/c1-36-21(32)17-12-26-13-8-4-6-10-15(13)28-20(26)18(22(33)37-2)19(23(34)38-3)30-24(26)31(17)25(35)29-16-11-7-5-9-14(16)27/h4-11,17,20,28H,12H2,1-3H3,(H,29,35)/t17-,20-,26-/m0/s1. The number of nitrogens with one attached hydrogen (secondary N) is 2. The van der Waals surface area contributed by atoms with E-state index < -0.39 is 47.3 Å². The molecule has 0 saturated carbocycles. The average molecular weight is 522 g/mol. The zero-order valence-corrected chi connectivity index (χ0v) is 20.6. The van der Waals surface area contributed by atoms with Crippen molar-refractivity contribution >= 4 is 41.1 Å². The van der Waals surface area contributed by atoms with Crippen molar-refractivity contribution in [3.8, 4) is 0 Å². The Morgan fingerprint density at radius 2 is 1.68 bits per heavy atom. The smallest absolute Gasteiger partial charge is 0.357 e. The Balaban J connectivity index is 1.76. The van der Waals surface area contributed by atoms with Crippen molar-refractivity contribution in [1.29, 1.82) is 0 Å². The Bertz CT molecular complexity index is 1440. The second-order valence-electron chi connectivity index (χ2n) is 8.80. The van der Waals surface area contributed by atoms with Gasteiger partial charge in [0.05, 0.1) is 44.0 Å². The number of esters is 3. The molecule has 2 N–H and O–H groups in total. The quantitative estimate of drug-likeness (QED) is 0.462. The minimum absolute atomic E-state index is 0.00255. The molecular weight excluding hydrogens is 499 g/mol. The first kappa shape index (κ1) is 24.9. The number of hydrogen-bond acceptors (Lipinski definition) is 9. The number of amidine groups is 1. The monoisotopic (exact) mass is 522 g/mol. The lowest BCUT2D eigenvalue weighted by atomic mass is 9.69. The van der Waals surface area contributed by atoms with Crippen LogP contribution >= 0.6 is 0 Å². The lowest BCUT2D eigenvalue weighted by Crippen LogP contribution is -2.53. The largest absolute Gasteiger partial charge is 0.467 e. The van der Waals surface area contributed by atoms with Gasteiger partial charge in [0.1, 0.15) is 17.7 Å². The van der Waals surface area contributed by atoms with E-state index in [9.17, 15) is 23.6 Å². The summed E-state index contributed by atoms with van der Waals surface area (Å²) in [5.74, 6) is -3.23.